The summed E-state index contributed by atoms with van der Waals surface area (Å²) in [5.74, 6) is 1.69. The summed E-state index contributed by atoms with van der Waals surface area (Å²) in [6, 6.07) is 21.5. The maximum absolute atomic E-state index is 5.64. The summed E-state index contributed by atoms with van der Waals surface area (Å²) < 4.78 is 5.64. The Hall–Kier alpha value is -2.81. The first kappa shape index (κ1) is 16.4. The predicted octanol–water partition coefficient (Wildman–Crippen LogP) is 6.19. The highest BCUT2D eigenvalue weighted by molar-refractivity contribution is 6.07. The third kappa shape index (κ3) is 3.18. The number of aromatic nitrogens is 1. The van der Waals surface area contributed by atoms with Crippen molar-refractivity contribution in [1.82, 2.24) is 4.98 Å². The molecule has 0 bridgehead atoms. The average molecular weight is 356 g/mol. The first-order chi connectivity index (χ1) is 13.4. The zero-order chi connectivity index (χ0) is 18.1. The summed E-state index contributed by atoms with van der Waals surface area (Å²) in [7, 11) is 0. The first-order valence-electron chi connectivity index (χ1n) is 9.95. The van der Waals surface area contributed by atoms with Crippen LogP contribution in [0.25, 0.3) is 21.8 Å². The number of nitrogens with zero attached hydrogens (tertiary/aromatic N) is 1. The van der Waals surface area contributed by atoms with E-state index < -0.39 is 0 Å². The lowest BCUT2D eigenvalue weighted by molar-refractivity contribution is 0.306. The molecule has 3 heteroatoms. The Labute approximate surface area is 159 Å². The quantitative estimate of drug-likeness (QED) is 0.443. The maximum atomic E-state index is 5.64. The van der Waals surface area contributed by atoms with Crippen LogP contribution in [0.5, 0.6) is 0 Å². The van der Waals surface area contributed by atoms with Crippen molar-refractivity contribution in [1.29, 1.82) is 0 Å². The molecule has 0 unspecified atom stereocenters. The van der Waals surface area contributed by atoms with Crippen molar-refractivity contribution in [2.75, 3.05) is 5.32 Å². The van der Waals surface area contributed by atoms with E-state index in [1.54, 1.807) is 6.26 Å². The maximum Gasteiger partial charge on any atom is 0.104 e. The molecule has 4 aromatic rings. The standard InChI is InChI=1S/C24H24N2O/c1-4-12-21(17(8-1)16-18-9-7-15-27-18)26-24-19-10-2-5-13-22(19)25-23-14-6-3-11-20(23)24/h2-3,5-7,9-11,13-15,17,21H,1,4,8,12,16H2,(H,25,26)/t17-,21+/m0/s1. The van der Waals surface area contributed by atoms with E-state index in [0.29, 0.717) is 12.0 Å². The number of fused-ring (bicyclic) bond motifs is 2. The molecule has 5 rings (SSSR count). The van der Waals surface area contributed by atoms with Crippen molar-refractivity contribution in [3.05, 3.63) is 72.7 Å². The molecule has 1 aliphatic carbocycles. The van der Waals surface area contributed by atoms with Crippen LogP contribution >= 0.6 is 0 Å². The van der Waals surface area contributed by atoms with Crippen molar-refractivity contribution in [3.8, 4) is 0 Å². The summed E-state index contributed by atoms with van der Waals surface area (Å²) in [6.07, 6.45) is 7.83. The number of pyridine rings is 1. The summed E-state index contributed by atoms with van der Waals surface area (Å²) in [5, 5.41) is 6.36. The number of anilines is 1. The minimum atomic E-state index is 0.457. The zero-order valence-electron chi connectivity index (χ0n) is 15.4. The van der Waals surface area contributed by atoms with Crippen molar-refractivity contribution in [3.63, 3.8) is 0 Å². The van der Waals surface area contributed by atoms with Gasteiger partial charge in [-0.05, 0) is 43.0 Å². The van der Waals surface area contributed by atoms with Crippen LogP contribution in [0.3, 0.4) is 0 Å². The molecule has 2 aromatic carbocycles. The highest BCUT2D eigenvalue weighted by Gasteiger charge is 2.27. The molecule has 2 heterocycles. The molecular weight excluding hydrogens is 332 g/mol. The summed E-state index contributed by atoms with van der Waals surface area (Å²) in [4.78, 5) is 4.86. The summed E-state index contributed by atoms with van der Waals surface area (Å²) in [6.45, 7) is 0. The number of nitrogens with one attached hydrogen (secondary N) is 1. The fourth-order valence-electron chi connectivity index (χ4n) is 4.51. The molecule has 0 amide bonds. The fourth-order valence-corrected chi connectivity index (χ4v) is 4.51. The number of furan rings is 1. The van der Waals surface area contributed by atoms with Gasteiger partial charge in [0.15, 0.2) is 0 Å². The molecule has 1 saturated carbocycles. The second kappa shape index (κ2) is 7.07. The van der Waals surface area contributed by atoms with E-state index in [-0.39, 0.29) is 0 Å². The van der Waals surface area contributed by atoms with E-state index in [1.807, 2.05) is 6.07 Å². The second-order valence-corrected chi connectivity index (χ2v) is 7.60. The van der Waals surface area contributed by atoms with E-state index in [2.05, 4.69) is 59.9 Å². The molecule has 0 saturated heterocycles. The number of rotatable bonds is 4. The Bertz CT molecular complexity index is 1000. The lowest BCUT2D eigenvalue weighted by atomic mass is 9.81. The Morgan fingerprint density at radius 3 is 2.26 bits per heavy atom. The van der Waals surface area contributed by atoms with Gasteiger partial charge in [0.05, 0.1) is 23.0 Å². The first-order valence-corrected chi connectivity index (χ1v) is 9.95. The number of benzene rings is 2. The molecule has 0 aliphatic heterocycles. The number of hydrogen-bond acceptors (Lipinski definition) is 3. The fraction of sp³-hybridized carbons (Fsp3) is 0.292. The summed E-state index contributed by atoms with van der Waals surface area (Å²) in [5.41, 5.74) is 3.33. The number of para-hydroxylation sites is 2. The van der Waals surface area contributed by atoms with Gasteiger partial charge in [-0.15, -0.1) is 0 Å². The summed E-state index contributed by atoms with van der Waals surface area (Å²) >= 11 is 0. The topological polar surface area (TPSA) is 38.1 Å². The highest BCUT2D eigenvalue weighted by Crippen LogP contribution is 2.35. The van der Waals surface area contributed by atoms with Gasteiger partial charge in [-0.2, -0.15) is 0 Å². The lowest BCUT2D eigenvalue weighted by Crippen LogP contribution is -2.33. The zero-order valence-corrected chi connectivity index (χ0v) is 15.4. The molecular formula is C24H24N2O. The van der Waals surface area contributed by atoms with Crippen LogP contribution in [0.2, 0.25) is 0 Å². The van der Waals surface area contributed by atoms with Gasteiger partial charge in [0.1, 0.15) is 5.76 Å². The van der Waals surface area contributed by atoms with Crippen LogP contribution in [-0.4, -0.2) is 11.0 Å². The van der Waals surface area contributed by atoms with Gasteiger partial charge >= 0.3 is 0 Å². The van der Waals surface area contributed by atoms with Crippen LogP contribution in [0.1, 0.15) is 31.4 Å². The second-order valence-electron chi connectivity index (χ2n) is 7.60. The van der Waals surface area contributed by atoms with Gasteiger partial charge in [0, 0.05) is 23.2 Å². The monoisotopic (exact) mass is 356 g/mol. The Morgan fingerprint density at radius 2 is 1.56 bits per heavy atom. The average Bonchev–Trinajstić information content (AvgIpc) is 3.22. The smallest absolute Gasteiger partial charge is 0.104 e. The van der Waals surface area contributed by atoms with Gasteiger partial charge in [-0.25, -0.2) is 4.98 Å². The van der Waals surface area contributed by atoms with Gasteiger partial charge in [0.2, 0.25) is 0 Å². The molecule has 3 nitrogen and oxygen atoms in total. The highest BCUT2D eigenvalue weighted by atomic mass is 16.3. The molecule has 1 N–H and O–H groups in total. The normalized spacial score (nSPS) is 20.1. The Morgan fingerprint density at radius 1 is 0.852 bits per heavy atom. The third-order valence-electron chi connectivity index (χ3n) is 5.87. The van der Waals surface area contributed by atoms with E-state index in [0.717, 1.165) is 23.2 Å². The SMILES string of the molecule is c1coc(C[C@@H]2CCCC[C@H]2Nc2c3ccccc3nc3ccccc23)c1. The van der Waals surface area contributed by atoms with Crippen molar-refractivity contribution < 1.29 is 4.42 Å². The number of hydrogen-bond donors (Lipinski definition) is 1. The molecule has 2 aromatic heterocycles. The molecule has 136 valence electrons. The van der Waals surface area contributed by atoms with Crippen molar-refractivity contribution >= 4 is 27.5 Å². The molecule has 1 fully saturated rings. The largest absolute Gasteiger partial charge is 0.469 e. The van der Waals surface area contributed by atoms with Crippen LogP contribution in [0.4, 0.5) is 5.69 Å². The van der Waals surface area contributed by atoms with Gasteiger partial charge in [0.25, 0.3) is 0 Å². The van der Waals surface area contributed by atoms with Crippen molar-refractivity contribution in [2.45, 2.75) is 38.1 Å². The van der Waals surface area contributed by atoms with Crippen LogP contribution in [0.15, 0.2) is 71.3 Å². The molecule has 2 atom stereocenters. The van der Waals surface area contributed by atoms with Crippen LogP contribution < -0.4 is 5.32 Å². The molecule has 1 aliphatic rings. The van der Waals surface area contributed by atoms with Crippen LogP contribution in [0, 0.1) is 5.92 Å². The molecule has 27 heavy (non-hydrogen) atoms. The molecule has 0 radical (unpaired) electrons. The minimum Gasteiger partial charge on any atom is -0.469 e. The van der Waals surface area contributed by atoms with Gasteiger partial charge in [-0.3, -0.25) is 0 Å². The van der Waals surface area contributed by atoms with E-state index in [4.69, 9.17) is 9.40 Å². The van der Waals surface area contributed by atoms with Gasteiger partial charge in [-0.1, -0.05) is 49.2 Å². The van der Waals surface area contributed by atoms with E-state index in [1.165, 1.54) is 42.1 Å². The molecule has 0 spiro atoms. The predicted molar refractivity (Wildman–Crippen MR) is 111 cm³/mol. The third-order valence-corrected chi connectivity index (χ3v) is 5.87. The van der Waals surface area contributed by atoms with Gasteiger partial charge < -0.3 is 9.73 Å². The van der Waals surface area contributed by atoms with Crippen molar-refractivity contribution in [2.24, 2.45) is 5.92 Å². The van der Waals surface area contributed by atoms with Crippen LogP contribution in [-0.2, 0) is 6.42 Å². The minimum absolute atomic E-state index is 0.457. The Balaban J connectivity index is 1.55. The lowest BCUT2D eigenvalue weighted by Gasteiger charge is -2.33. The van der Waals surface area contributed by atoms with E-state index >= 15 is 0 Å². The van der Waals surface area contributed by atoms with E-state index in [9.17, 15) is 0 Å². The Kier molecular flexibility index (Phi) is 4.29.